The third kappa shape index (κ3) is 2.84. The standard InChI is InChI=1S/C9H11FN2O3/c1-11-9(15)12-5-6(10)4-7(12)2-3-8(13)14/h6-7H,4-5H2,1H3,(H,11,15)(H,13,14)/t6-,7?/m1/s1. The summed E-state index contributed by atoms with van der Waals surface area (Å²) in [7, 11) is 1.43. The number of rotatable bonds is 0. The van der Waals surface area contributed by atoms with Crippen LogP contribution in [0.4, 0.5) is 9.18 Å². The molecule has 1 rings (SSSR count). The average Bonchev–Trinajstić information content (AvgIpc) is 2.55. The van der Waals surface area contributed by atoms with Crippen molar-refractivity contribution in [1.29, 1.82) is 0 Å². The van der Waals surface area contributed by atoms with E-state index in [1.54, 1.807) is 0 Å². The molecule has 82 valence electrons. The maximum atomic E-state index is 13.0. The number of likely N-dealkylation sites (tertiary alicyclic amines) is 1. The summed E-state index contributed by atoms with van der Waals surface area (Å²) in [5.41, 5.74) is 0. The number of carboxylic acids is 1. The number of carboxylic acid groups (broad SMARTS) is 1. The number of amides is 2. The Labute approximate surface area is 86.2 Å². The Kier molecular flexibility index (Phi) is 3.50. The number of carbonyl (C=O) groups is 2. The highest BCUT2D eigenvalue weighted by Gasteiger charge is 2.33. The molecule has 2 N–H and O–H groups in total. The van der Waals surface area contributed by atoms with Gasteiger partial charge in [-0.05, 0) is 0 Å². The Bertz CT molecular complexity index is 334. The van der Waals surface area contributed by atoms with Gasteiger partial charge >= 0.3 is 12.0 Å². The molecule has 0 bridgehead atoms. The lowest BCUT2D eigenvalue weighted by molar-refractivity contribution is -0.130. The first-order valence-electron chi connectivity index (χ1n) is 4.41. The number of hydrogen-bond donors (Lipinski definition) is 2. The number of aliphatic carboxylic acids is 1. The number of nitrogens with one attached hydrogen (secondary N) is 1. The summed E-state index contributed by atoms with van der Waals surface area (Å²) in [6.07, 6.45) is -1.08. The van der Waals surface area contributed by atoms with Gasteiger partial charge in [0.2, 0.25) is 0 Å². The SMILES string of the molecule is CNC(=O)N1C[C@H](F)CC1C#CC(=O)O. The van der Waals surface area contributed by atoms with E-state index in [1.807, 2.05) is 5.92 Å². The van der Waals surface area contributed by atoms with Gasteiger partial charge in [0.1, 0.15) is 6.17 Å². The molecule has 1 unspecified atom stereocenters. The third-order valence-corrected chi connectivity index (χ3v) is 2.07. The van der Waals surface area contributed by atoms with Gasteiger partial charge in [-0.25, -0.2) is 14.0 Å². The molecule has 0 radical (unpaired) electrons. The summed E-state index contributed by atoms with van der Waals surface area (Å²) in [5.74, 6) is 2.96. The quantitative estimate of drug-likeness (QED) is 0.550. The highest BCUT2D eigenvalue weighted by molar-refractivity contribution is 5.86. The van der Waals surface area contributed by atoms with E-state index in [9.17, 15) is 14.0 Å². The van der Waals surface area contributed by atoms with E-state index >= 15 is 0 Å². The predicted octanol–water partition coefficient (Wildman–Crippen LogP) is -0.174. The van der Waals surface area contributed by atoms with Gasteiger partial charge in [0.25, 0.3) is 0 Å². The van der Waals surface area contributed by atoms with Crippen molar-refractivity contribution in [3.63, 3.8) is 0 Å². The molecule has 1 fully saturated rings. The van der Waals surface area contributed by atoms with Crippen LogP contribution in [0.5, 0.6) is 0 Å². The zero-order valence-corrected chi connectivity index (χ0v) is 8.16. The molecule has 0 aromatic carbocycles. The molecule has 0 aliphatic carbocycles. The fourth-order valence-electron chi connectivity index (χ4n) is 1.43. The number of halogens is 1. The number of alkyl halides is 1. The summed E-state index contributed by atoms with van der Waals surface area (Å²) < 4.78 is 13.0. The average molecular weight is 214 g/mol. The van der Waals surface area contributed by atoms with Gasteiger partial charge in [0.05, 0.1) is 12.6 Å². The molecule has 1 aliphatic heterocycles. The molecule has 1 aliphatic rings. The zero-order valence-electron chi connectivity index (χ0n) is 8.16. The van der Waals surface area contributed by atoms with Crippen molar-refractivity contribution in [2.75, 3.05) is 13.6 Å². The second-order valence-electron chi connectivity index (χ2n) is 3.13. The molecule has 0 spiro atoms. The molecule has 0 aromatic heterocycles. The van der Waals surface area contributed by atoms with Crippen LogP contribution < -0.4 is 5.32 Å². The van der Waals surface area contributed by atoms with Gasteiger partial charge in [0.15, 0.2) is 0 Å². The van der Waals surface area contributed by atoms with Gasteiger partial charge in [-0.1, -0.05) is 5.92 Å². The molecule has 15 heavy (non-hydrogen) atoms. The van der Waals surface area contributed by atoms with E-state index in [4.69, 9.17) is 5.11 Å². The molecule has 2 atom stereocenters. The van der Waals surface area contributed by atoms with Crippen LogP contribution in [-0.2, 0) is 4.79 Å². The molecular weight excluding hydrogens is 203 g/mol. The normalized spacial score (nSPS) is 24.3. The number of urea groups is 1. The Balaban J connectivity index is 2.74. The monoisotopic (exact) mass is 214 g/mol. The first kappa shape index (κ1) is 11.3. The van der Waals surface area contributed by atoms with Crippen molar-refractivity contribution in [2.45, 2.75) is 18.6 Å². The van der Waals surface area contributed by atoms with Crippen molar-refractivity contribution in [3.05, 3.63) is 0 Å². The lowest BCUT2D eigenvalue weighted by Gasteiger charge is -2.19. The summed E-state index contributed by atoms with van der Waals surface area (Å²) in [5, 5.41) is 10.7. The topological polar surface area (TPSA) is 69.6 Å². The van der Waals surface area contributed by atoms with Crippen LogP contribution in [0.3, 0.4) is 0 Å². The van der Waals surface area contributed by atoms with Crippen LogP contribution in [-0.4, -0.2) is 47.8 Å². The Morgan fingerprint density at radius 2 is 2.27 bits per heavy atom. The molecule has 1 heterocycles. The Morgan fingerprint density at radius 1 is 1.60 bits per heavy atom. The molecule has 0 saturated carbocycles. The third-order valence-electron chi connectivity index (χ3n) is 2.07. The van der Waals surface area contributed by atoms with E-state index < -0.39 is 24.2 Å². The lowest BCUT2D eigenvalue weighted by atomic mass is 10.2. The molecule has 0 aromatic rings. The molecule has 1 saturated heterocycles. The van der Waals surface area contributed by atoms with E-state index in [0.29, 0.717) is 0 Å². The smallest absolute Gasteiger partial charge is 0.381 e. The first-order chi connectivity index (χ1) is 7.04. The minimum Gasteiger partial charge on any atom is -0.472 e. The van der Waals surface area contributed by atoms with Crippen molar-refractivity contribution < 1.29 is 19.1 Å². The van der Waals surface area contributed by atoms with Gasteiger partial charge in [-0.15, -0.1) is 0 Å². The summed E-state index contributed by atoms with van der Waals surface area (Å²) in [4.78, 5) is 22.6. The van der Waals surface area contributed by atoms with Crippen LogP contribution in [0.1, 0.15) is 6.42 Å². The molecule has 6 heteroatoms. The van der Waals surface area contributed by atoms with Crippen LogP contribution in [0.15, 0.2) is 0 Å². The van der Waals surface area contributed by atoms with Crippen LogP contribution in [0.25, 0.3) is 0 Å². The fraction of sp³-hybridized carbons (Fsp3) is 0.556. The second-order valence-corrected chi connectivity index (χ2v) is 3.13. The van der Waals surface area contributed by atoms with Gasteiger partial charge in [-0.3, -0.25) is 0 Å². The Hall–Kier alpha value is -1.77. The van der Waals surface area contributed by atoms with E-state index in [1.165, 1.54) is 11.9 Å². The highest BCUT2D eigenvalue weighted by Crippen LogP contribution is 2.19. The zero-order chi connectivity index (χ0) is 11.4. The van der Waals surface area contributed by atoms with Gasteiger partial charge < -0.3 is 15.3 Å². The van der Waals surface area contributed by atoms with Crippen molar-refractivity contribution in [1.82, 2.24) is 10.2 Å². The van der Waals surface area contributed by atoms with Crippen molar-refractivity contribution in [2.24, 2.45) is 0 Å². The van der Waals surface area contributed by atoms with E-state index in [0.717, 1.165) is 0 Å². The predicted molar refractivity (Wildman–Crippen MR) is 49.9 cm³/mol. The summed E-state index contributed by atoms with van der Waals surface area (Å²) in [6, 6.07) is -1.10. The Morgan fingerprint density at radius 3 is 2.80 bits per heavy atom. The number of hydrogen-bond acceptors (Lipinski definition) is 2. The number of carbonyl (C=O) groups excluding carboxylic acids is 1. The lowest BCUT2D eigenvalue weighted by Crippen LogP contribution is -2.41. The van der Waals surface area contributed by atoms with E-state index in [2.05, 4.69) is 11.2 Å². The van der Waals surface area contributed by atoms with Gasteiger partial charge in [0, 0.05) is 19.4 Å². The minimum atomic E-state index is -1.28. The second kappa shape index (κ2) is 4.64. The van der Waals surface area contributed by atoms with Crippen LogP contribution in [0.2, 0.25) is 0 Å². The summed E-state index contributed by atoms with van der Waals surface area (Å²) in [6.45, 7) is -0.0430. The number of nitrogens with zero attached hydrogens (tertiary/aromatic N) is 1. The van der Waals surface area contributed by atoms with Gasteiger partial charge in [-0.2, -0.15) is 0 Å². The van der Waals surface area contributed by atoms with Crippen molar-refractivity contribution in [3.8, 4) is 11.8 Å². The van der Waals surface area contributed by atoms with Crippen LogP contribution in [0, 0.1) is 11.8 Å². The minimum absolute atomic E-state index is 0.0430. The van der Waals surface area contributed by atoms with Crippen LogP contribution >= 0.6 is 0 Å². The maximum absolute atomic E-state index is 13.0. The highest BCUT2D eigenvalue weighted by atomic mass is 19.1. The maximum Gasteiger partial charge on any atom is 0.381 e. The summed E-state index contributed by atoms with van der Waals surface area (Å²) >= 11 is 0. The molecule has 5 nitrogen and oxygen atoms in total. The molecule has 2 amide bonds. The van der Waals surface area contributed by atoms with Crippen molar-refractivity contribution >= 4 is 12.0 Å². The first-order valence-corrected chi connectivity index (χ1v) is 4.41. The fourth-order valence-corrected chi connectivity index (χ4v) is 1.43. The molecular formula is C9H11FN2O3. The van der Waals surface area contributed by atoms with E-state index in [-0.39, 0.29) is 13.0 Å². The largest absolute Gasteiger partial charge is 0.472 e.